The number of rotatable bonds is 12. The van der Waals surface area contributed by atoms with E-state index < -0.39 is 0 Å². The Balaban J connectivity index is -0.000000292. The Morgan fingerprint density at radius 2 is 1.63 bits per heavy atom. The van der Waals surface area contributed by atoms with Crippen molar-refractivity contribution in [2.75, 3.05) is 27.2 Å². The molecule has 2 unspecified atom stereocenters. The summed E-state index contributed by atoms with van der Waals surface area (Å²) in [4.78, 5) is 24.5. The summed E-state index contributed by atoms with van der Waals surface area (Å²) in [5.41, 5.74) is 5.94. The molecule has 0 bridgehead atoms. The second kappa shape index (κ2) is 33.6. The molecule has 3 N–H and O–H groups in total. The van der Waals surface area contributed by atoms with Gasteiger partial charge in [0, 0.05) is 37.8 Å². The van der Waals surface area contributed by atoms with Gasteiger partial charge in [-0.2, -0.15) is 0 Å². The lowest BCUT2D eigenvalue weighted by molar-refractivity contribution is -0.119. The highest BCUT2D eigenvalue weighted by Gasteiger charge is 2.11. The molecule has 0 saturated carbocycles. The van der Waals surface area contributed by atoms with Gasteiger partial charge in [0.2, 0.25) is 12.3 Å². The molecule has 0 aromatic rings. The zero-order chi connectivity index (χ0) is 34.2. The first-order valence-electron chi connectivity index (χ1n) is 15.8. The molecule has 43 heavy (non-hydrogen) atoms. The number of hydrogen-bond donors (Lipinski definition) is 3. The Morgan fingerprint density at radius 3 is 1.98 bits per heavy atom. The van der Waals surface area contributed by atoms with Gasteiger partial charge < -0.3 is 20.7 Å². The molecule has 0 aromatic heterocycles. The van der Waals surface area contributed by atoms with Crippen LogP contribution in [0.25, 0.3) is 0 Å². The minimum Gasteiger partial charge on any atom is -0.496 e. The van der Waals surface area contributed by atoms with E-state index in [1.54, 1.807) is 20.2 Å². The Labute approximate surface area is 266 Å². The van der Waals surface area contributed by atoms with Crippen molar-refractivity contribution < 1.29 is 14.3 Å². The Bertz CT molecular complexity index is 873. The maximum atomic E-state index is 10.4. The molecule has 0 spiro atoms. The van der Waals surface area contributed by atoms with E-state index >= 15 is 0 Å². The Morgan fingerprint density at radius 1 is 1.07 bits per heavy atom. The van der Waals surface area contributed by atoms with E-state index in [1.165, 1.54) is 29.6 Å². The fourth-order valence-corrected chi connectivity index (χ4v) is 3.21. The monoisotopic (exact) mass is 605 g/mol. The number of nitrogens with one attached hydrogen (secondary N) is 3. The molecule has 1 aliphatic heterocycles. The van der Waals surface area contributed by atoms with Crippen molar-refractivity contribution in [2.45, 2.75) is 127 Å². The minimum absolute atomic E-state index is 0.194. The van der Waals surface area contributed by atoms with E-state index in [9.17, 15) is 9.59 Å². The van der Waals surface area contributed by atoms with Gasteiger partial charge in [-0.3, -0.25) is 14.6 Å². The van der Waals surface area contributed by atoms with Crippen molar-refractivity contribution in [3.8, 4) is 0 Å². The van der Waals surface area contributed by atoms with Gasteiger partial charge in [0.15, 0.2) is 0 Å². The summed E-state index contributed by atoms with van der Waals surface area (Å²) in [6.45, 7) is 30.3. The van der Waals surface area contributed by atoms with Crippen molar-refractivity contribution in [2.24, 2.45) is 4.99 Å². The van der Waals surface area contributed by atoms with Crippen LogP contribution in [0, 0.1) is 0 Å². The summed E-state index contributed by atoms with van der Waals surface area (Å²) in [6.07, 6.45) is 13.6. The fraction of sp³-hybridized carbons (Fsp3) is 0.639. The van der Waals surface area contributed by atoms with Crippen molar-refractivity contribution >= 4 is 18.0 Å². The van der Waals surface area contributed by atoms with Gasteiger partial charge in [-0.15, -0.1) is 0 Å². The molecule has 7 nitrogen and oxygen atoms in total. The lowest BCUT2D eigenvalue weighted by atomic mass is 9.98. The molecule has 2 amide bonds. The standard InChI is InChI=1S/C18H32N2O2.C8H13N.C4H7NO.2C3H8/c1-8-9-18(22-7)16(5)14(3)15(4)17(6)19-11-10-13(2)20-12-21;1-5-6-7(2)8(3)9-4;6-4-2-1-3-5-4;2*1-3-2/h8-9,12-13,17,19H,10-11H2,1-7H3,(H,20,21);5-6H,1H2,2-4H3;1-3H2,(H,5,6);2*3H2,1-2H3/b9-8-,15-14+,18-16+;7-6-,9-8?;;;. The van der Waals surface area contributed by atoms with Crippen LogP contribution in [0.2, 0.25) is 0 Å². The Kier molecular flexibility index (Phi) is 36.7. The third-order valence-corrected chi connectivity index (χ3v) is 6.27. The molecule has 7 heteroatoms. The number of carbonyl (C=O) groups is 2. The van der Waals surface area contributed by atoms with Gasteiger partial charge in [0.05, 0.1) is 7.11 Å². The van der Waals surface area contributed by atoms with Gasteiger partial charge >= 0.3 is 0 Å². The fourth-order valence-electron chi connectivity index (χ4n) is 3.21. The van der Waals surface area contributed by atoms with Crippen molar-refractivity contribution in [1.82, 2.24) is 16.0 Å². The molecular formula is C36H68N4O3. The van der Waals surface area contributed by atoms with Crippen LogP contribution in [-0.4, -0.2) is 57.4 Å². The van der Waals surface area contributed by atoms with Crippen molar-refractivity contribution in [3.05, 3.63) is 58.9 Å². The Hall–Kier alpha value is -2.93. The molecular weight excluding hydrogens is 536 g/mol. The SMILES string of the molecule is C=C/C=C(/C)C(C)=NC.CCC.CCC.C\C=C/C(OC)=C(C)\C(C)=C(/C)C(C)NCCC(C)NC=O.O=C1CCCN1. The molecule has 0 aromatic carbocycles. The summed E-state index contributed by atoms with van der Waals surface area (Å²) in [5, 5.41) is 8.94. The summed E-state index contributed by atoms with van der Waals surface area (Å²) >= 11 is 0. The topological polar surface area (TPSA) is 91.8 Å². The van der Waals surface area contributed by atoms with E-state index in [0.29, 0.717) is 0 Å². The normalized spacial score (nSPS) is 15.2. The van der Waals surface area contributed by atoms with Gasteiger partial charge in [0.1, 0.15) is 5.76 Å². The molecule has 1 fully saturated rings. The number of allylic oxidation sites excluding steroid dienone is 7. The van der Waals surface area contributed by atoms with E-state index in [4.69, 9.17) is 4.74 Å². The third kappa shape index (κ3) is 28.9. The van der Waals surface area contributed by atoms with Crippen molar-refractivity contribution in [1.29, 1.82) is 0 Å². The van der Waals surface area contributed by atoms with E-state index in [-0.39, 0.29) is 18.0 Å². The van der Waals surface area contributed by atoms with Gasteiger partial charge in [-0.1, -0.05) is 70.9 Å². The van der Waals surface area contributed by atoms with E-state index in [2.05, 4.69) is 82.9 Å². The average molecular weight is 605 g/mol. The summed E-state index contributed by atoms with van der Waals surface area (Å²) in [6, 6.07) is 0.473. The van der Waals surface area contributed by atoms with E-state index in [1.807, 2.05) is 45.9 Å². The minimum atomic E-state index is 0.194. The first-order valence-corrected chi connectivity index (χ1v) is 15.8. The highest BCUT2D eigenvalue weighted by Crippen LogP contribution is 2.21. The molecule has 0 radical (unpaired) electrons. The maximum Gasteiger partial charge on any atom is 0.220 e. The zero-order valence-electron chi connectivity index (χ0n) is 30.4. The summed E-state index contributed by atoms with van der Waals surface area (Å²) in [7, 11) is 3.49. The smallest absolute Gasteiger partial charge is 0.220 e. The van der Waals surface area contributed by atoms with Crippen LogP contribution in [0.4, 0.5) is 0 Å². The summed E-state index contributed by atoms with van der Waals surface area (Å²) < 4.78 is 5.44. The van der Waals surface area contributed by atoms with Crippen LogP contribution < -0.4 is 16.0 Å². The van der Waals surface area contributed by atoms with Gasteiger partial charge in [-0.25, -0.2) is 0 Å². The maximum absolute atomic E-state index is 10.4. The lowest BCUT2D eigenvalue weighted by Crippen LogP contribution is -2.33. The molecule has 250 valence electrons. The van der Waals surface area contributed by atoms with Crippen LogP contribution in [0.1, 0.15) is 115 Å². The van der Waals surface area contributed by atoms with Crippen molar-refractivity contribution in [3.63, 3.8) is 0 Å². The number of carbonyl (C=O) groups excluding carboxylic acids is 2. The largest absolute Gasteiger partial charge is 0.496 e. The average Bonchev–Trinajstić information content (AvgIpc) is 3.46. The molecule has 1 aliphatic rings. The molecule has 0 aliphatic carbocycles. The van der Waals surface area contributed by atoms with Crippen LogP contribution >= 0.6 is 0 Å². The number of nitrogens with zero attached hydrogens (tertiary/aromatic N) is 1. The first-order chi connectivity index (χ1) is 20.3. The predicted octanol–water partition coefficient (Wildman–Crippen LogP) is 8.26. The predicted molar refractivity (Wildman–Crippen MR) is 191 cm³/mol. The number of hydrogen-bond acceptors (Lipinski definition) is 5. The number of ether oxygens (including phenoxy) is 1. The molecule has 1 heterocycles. The number of methoxy groups -OCH3 is 1. The van der Waals surface area contributed by atoms with Crippen LogP contribution in [-0.2, 0) is 14.3 Å². The number of aliphatic imine (C=N–C) groups is 1. The molecule has 1 rings (SSSR count). The second-order valence-corrected chi connectivity index (χ2v) is 10.4. The van der Waals surface area contributed by atoms with Crippen LogP contribution in [0.5, 0.6) is 0 Å². The summed E-state index contributed by atoms with van der Waals surface area (Å²) in [5.74, 6) is 1.10. The zero-order valence-corrected chi connectivity index (χ0v) is 30.4. The van der Waals surface area contributed by atoms with Gasteiger partial charge in [0.25, 0.3) is 0 Å². The highest BCUT2D eigenvalue weighted by molar-refractivity contribution is 5.97. The highest BCUT2D eigenvalue weighted by atomic mass is 16.5. The second-order valence-electron chi connectivity index (χ2n) is 10.4. The quantitative estimate of drug-likeness (QED) is 0.0905. The first kappa shape index (κ1) is 47.0. The van der Waals surface area contributed by atoms with Crippen LogP contribution in [0.15, 0.2) is 63.9 Å². The van der Waals surface area contributed by atoms with E-state index in [0.717, 1.165) is 55.8 Å². The van der Waals surface area contributed by atoms with Crippen LogP contribution in [0.3, 0.4) is 0 Å². The molecule has 2 atom stereocenters. The lowest BCUT2D eigenvalue weighted by Gasteiger charge is -2.20. The molecule has 1 saturated heterocycles. The van der Waals surface area contributed by atoms with Gasteiger partial charge in [-0.05, 0) is 97.6 Å². The number of amides is 2. The third-order valence-electron chi connectivity index (χ3n) is 6.27.